The van der Waals surface area contributed by atoms with Crippen LogP contribution in [0.5, 0.6) is 0 Å². The lowest BCUT2D eigenvalue weighted by Crippen LogP contribution is -2.42. The van der Waals surface area contributed by atoms with Gasteiger partial charge in [-0.1, -0.05) is 24.6 Å². The summed E-state index contributed by atoms with van der Waals surface area (Å²) in [6.45, 7) is 2.65. The van der Waals surface area contributed by atoms with Crippen molar-refractivity contribution in [3.05, 3.63) is 29.3 Å². The van der Waals surface area contributed by atoms with Gasteiger partial charge in [0.1, 0.15) is 6.23 Å². The van der Waals surface area contributed by atoms with Crippen LogP contribution in [0, 0.1) is 5.92 Å². The zero-order valence-electron chi connectivity index (χ0n) is 10.6. The maximum atomic E-state index is 9.97. The molecular weight excluding hydrogens is 224 g/mol. The van der Waals surface area contributed by atoms with Crippen molar-refractivity contribution in [1.82, 2.24) is 5.32 Å². The summed E-state index contributed by atoms with van der Waals surface area (Å²) in [5, 5.41) is 13.2. The highest BCUT2D eigenvalue weighted by Crippen LogP contribution is 2.48. The SMILES string of the molecule is OC1CN2CC3CCCC3c3cccc(c32)CN1. The van der Waals surface area contributed by atoms with Crippen molar-refractivity contribution in [2.45, 2.75) is 38.0 Å². The molecule has 3 atom stereocenters. The molecule has 2 N–H and O–H groups in total. The van der Waals surface area contributed by atoms with E-state index in [0.717, 1.165) is 31.5 Å². The second-order valence-corrected chi connectivity index (χ2v) is 5.95. The van der Waals surface area contributed by atoms with Crippen LogP contribution >= 0.6 is 0 Å². The molecule has 0 aromatic heterocycles. The molecule has 0 amide bonds. The molecule has 2 aliphatic heterocycles. The van der Waals surface area contributed by atoms with Crippen LogP contribution < -0.4 is 10.2 Å². The van der Waals surface area contributed by atoms with E-state index in [1.54, 1.807) is 0 Å². The number of hydrogen-bond acceptors (Lipinski definition) is 3. The molecule has 2 heterocycles. The number of anilines is 1. The molecule has 4 rings (SSSR count). The predicted octanol–water partition coefficient (Wildman–Crippen LogP) is 1.81. The molecule has 0 radical (unpaired) electrons. The first-order chi connectivity index (χ1) is 8.83. The Morgan fingerprint density at radius 3 is 3.11 bits per heavy atom. The van der Waals surface area contributed by atoms with Crippen molar-refractivity contribution in [1.29, 1.82) is 0 Å². The molecule has 18 heavy (non-hydrogen) atoms. The van der Waals surface area contributed by atoms with E-state index in [9.17, 15) is 5.11 Å². The van der Waals surface area contributed by atoms with Crippen molar-refractivity contribution in [3.63, 3.8) is 0 Å². The highest BCUT2D eigenvalue weighted by Gasteiger charge is 2.38. The van der Waals surface area contributed by atoms with Crippen molar-refractivity contribution in [3.8, 4) is 0 Å². The number of benzene rings is 1. The van der Waals surface area contributed by atoms with E-state index in [4.69, 9.17) is 0 Å². The summed E-state index contributed by atoms with van der Waals surface area (Å²) in [5.74, 6) is 1.57. The van der Waals surface area contributed by atoms with Crippen LogP contribution in [0.2, 0.25) is 0 Å². The summed E-state index contributed by atoms with van der Waals surface area (Å²) in [5.41, 5.74) is 4.32. The van der Waals surface area contributed by atoms with E-state index in [1.165, 1.54) is 36.1 Å². The molecule has 96 valence electrons. The van der Waals surface area contributed by atoms with Gasteiger partial charge in [-0.15, -0.1) is 0 Å². The minimum absolute atomic E-state index is 0.400. The van der Waals surface area contributed by atoms with Gasteiger partial charge in [0.05, 0.1) is 6.54 Å². The average Bonchev–Trinajstić information content (AvgIpc) is 2.78. The summed E-state index contributed by atoms with van der Waals surface area (Å²) in [7, 11) is 0. The van der Waals surface area contributed by atoms with Crippen molar-refractivity contribution in [2.75, 3.05) is 18.0 Å². The number of rotatable bonds is 0. The number of para-hydroxylation sites is 1. The van der Waals surface area contributed by atoms with E-state index >= 15 is 0 Å². The normalized spacial score (nSPS) is 33.8. The number of aliphatic hydroxyl groups excluding tert-OH is 1. The van der Waals surface area contributed by atoms with Gasteiger partial charge in [0, 0.05) is 18.8 Å². The number of nitrogens with one attached hydrogen (secondary N) is 1. The Bertz CT molecular complexity index is 474. The molecule has 1 saturated carbocycles. The number of hydrogen-bond donors (Lipinski definition) is 2. The van der Waals surface area contributed by atoms with Gasteiger partial charge in [-0.25, -0.2) is 0 Å². The van der Waals surface area contributed by atoms with Crippen LogP contribution in [0.4, 0.5) is 5.69 Å². The lowest BCUT2D eigenvalue weighted by Gasteiger charge is -2.39. The van der Waals surface area contributed by atoms with Gasteiger partial charge in [-0.05, 0) is 35.8 Å². The molecule has 1 aliphatic carbocycles. The van der Waals surface area contributed by atoms with E-state index < -0.39 is 6.23 Å². The standard InChI is InChI=1S/C15H20N2O/c18-14-9-17-8-11-4-2-5-12(11)13-6-1-3-10(7-16-14)15(13)17/h1,3,6,11-12,14,16,18H,2,4-5,7-9H2. The summed E-state index contributed by atoms with van der Waals surface area (Å²) in [6.07, 6.45) is 3.68. The molecule has 3 aliphatic rings. The Morgan fingerprint density at radius 2 is 2.17 bits per heavy atom. The average molecular weight is 244 g/mol. The maximum Gasteiger partial charge on any atom is 0.122 e. The fourth-order valence-electron chi connectivity index (χ4n) is 4.14. The van der Waals surface area contributed by atoms with Crippen LogP contribution in [-0.2, 0) is 6.54 Å². The molecule has 0 bridgehead atoms. The van der Waals surface area contributed by atoms with Crippen LogP contribution in [0.25, 0.3) is 0 Å². The third-order valence-electron chi connectivity index (χ3n) is 4.90. The molecule has 1 aromatic carbocycles. The van der Waals surface area contributed by atoms with Gasteiger partial charge < -0.3 is 10.0 Å². The third kappa shape index (κ3) is 1.50. The molecule has 0 saturated heterocycles. The topological polar surface area (TPSA) is 35.5 Å². The lowest BCUT2D eigenvalue weighted by atomic mass is 9.82. The molecule has 1 aromatic rings. The van der Waals surface area contributed by atoms with Crippen LogP contribution in [0.1, 0.15) is 36.3 Å². The zero-order chi connectivity index (χ0) is 12.1. The predicted molar refractivity (Wildman–Crippen MR) is 71.6 cm³/mol. The Morgan fingerprint density at radius 1 is 1.22 bits per heavy atom. The molecule has 1 fully saturated rings. The molecular formula is C15H20N2O. The summed E-state index contributed by atoms with van der Waals surface area (Å²) in [4.78, 5) is 2.42. The fourth-order valence-corrected chi connectivity index (χ4v) is 4.14. The van der Waals surface area contributed by atoms with Crippen LogP contribution in [-0.4, -0.2) is 24.4 Å². The second-order valence-electron chi connectivity index (χ2n) is 5.95. The highest BCUT2D eigenvalue weighted by molar-refractivity contribution is 5.64. The van der Waals surface area contributed by atoms with E-state index in [0.29, 0.717) is 0 Å². The Hall–Kier alpha value is -1.06. The first-order valence-corrected chi connectivity index (χ1v) is 7.11. The van der Waals surface area contributed by atoms with Gasteiger partial charge in [0.2, 0.25) is 0 Å². The fraction of sp³-hybridized carbons (Fsp3) is 0.600. The van der Waals surface area contributed by atoms with Crippen molar-refractivity contribution in [2.24, 2.45) is 5.92 Å². The van der Waals surface area contributed by atoms with Gasteiger partial charge in [-0.2, -0.15) is 0 Å². The molecule has 3 nitrogen and oxygen atoms in total. The zero-order valence-corrected chi connectivity index (χ0v) is 10.6. The van der Waals surface area contributed by atoms with E-state index in [-0.39, 0.29) is 0 Å². The second kappa shape index (κ2) is 3.97. The number of nitrogens with zero attached hydrogens (tertiary/aromatic N) is 1. The summed E-state index contributed by atoms with van der Waals surface area (Å²) < 4.78 is 0. The Labute approximate surface area is 108 Å². The molecule has 0 spiro atoms. The van der Waals surface area contributed by atoms with Gasteiger partial charge in [-0.3, -0.25) is 5.32 Å². The molecule has 3 unspecified atom stereocenters. The Kier molecular flexibility index (Phi) is 2.39. The smallest absolute Gasteiger partial charge is 0.122 e. The number of fused-ring (bicyclic) bond motifs is 2. The van der Waals surface area contributed by atoms with Crippen LogP contribution in [0.3, 0.4) is 0 Å². The van der Waals surface area contributed by atoms with E-state index in [1.807, 2.05) is 0 Å². The lowest BCUT2D eigenvalue weighted by molar-refractivity contribution is 0.142. The van der Waals surface area contributed by atoms with Gasteiger partial charge >= 0.3 is 0 Å². The van der Waals surface area contributed by atoms with Gasteiger partial charge in [0.25, 0.3) is 0 Å². The quantitative estimate of drug-likeness (QED) is 0.730. The van der Waals surface area contributed by atoms with Crippen molar-refractivity contribution < 1.29 is 5.11 Å². The number of aliphatic hydroxyl groups is 1. The minimum atomic E-state index is -0.400. The first-order valence-electron chi connectivity index (χ1n) is 7.11. The van der Waals surface area contributed by atoms with Gasteiger partial charge in [0.15, 0.2) is 0 Å². The maximum absolute atomic E-state index is 9.97. The summed E-state index contributed by atoms with van der Waals surface area (Å²) in [6, 6.07) is 6.70. The molecule has 3 heteroatoms. The van der Waals surface area contributed by atoms with Crippen molar-refractivity contribution >= 4 is 5.69 Å². The monoisotopic (exact) mass is 244 g/mol. The Balaban J connectivity index is 1.85. The highest BCUT2D eigenvalue weighted by atomic mass is 16.3. The van der Waals surface area contributed by atoms with Crippen LogP contribution in [0.15, 0.2) is 18.2 Å². The largest absolute Gasteiger partial charge is 0.377 e. The first kappa shape index (κ1) is 10.8. The van der Waals surface area contributed by atoms with E-state index in [2.05, 4.69) is 28.4 Å². The third-order valence-corrected chi connectivity index (χ3v) is 4.90. The summed E-state index contributed by atoms with van der Waals surface area (Å²) >= 11 is 0. The minimum Gasteiger partial charge on any atom is -0.377 e.